The van der Waals surface area contributed by atoms with E-state index in [0.29, 0.717) is 6.04 Å². The van der Waals surface area contributed by atoms with E-state index in [-0.39, 0.29) is 0 Å². The zero-order valence-corrected chi connectivity index (χ0v) is 13.1. The van der Waals surface area contributed by atoms with Crippen molar-refractivity contribution in [1.82, 2.24) is 0 Å². The van der Waals surface area contributed by atoms with Crippen molar-refractivity contribution in [2.45, 2.75) is 52.0 Å². The Morgan fingerprint density at radius 1 is 1.25 bits per heavy atom. The highest BCUT2D eigenvalue weighted by molar-refractivity contribution is 5.60. The fourth-order valence-corrected chi connectivity index (χ4v) is 3.18. The molecule has 0 saturated heterocycles. The molecule has 0 radical (unpaired) electrons. The quantitative estimate of drug-likeness (QED) is 0.824. The largest absolute Gasteiger partial charge is 0.493 e. The van der Waals surface area contributed by atoms with Crippen molar-refractivity contribution in [1.29, 1.82) is 0 Å². The maximum Gasteiger partial charge on any atom is 0.123 e. The molecule has 0 aliphatic heterocycles. The van der Waals surface area contributed by atoms with Gasteiger partial charge >= 0.3 is 0 Å². The van der Waals surface area contributed by atoms with Crippen LogP contribution in [0.1, 0.15) is 46.0 Å². The summed E-state index contributed by atoms with van der Waals surface area (Å²) in [5, 5.41) is 0. The van der Waals surface area contributed by atoms with Gasteiger partial charge in [0.25, 0.3) is 0 Å². The molecular formula is C17H28N2O. The van der Waals surface area contributed by atoms with E-state index in [1.54, 1.807) is 0 Å². The topological polar surface area (TPSA) is 38.5 Å². The number of nitrogens with zero attached hydrogens (tertiary/aromatic N) is 1. The summed E-state index contributed by atoms with van der Waals surface area (Å²) in [6.07, 6.45) is 6.32. The van der Waals surface area contributed by atoms with Gasteiger partial charge in [-0.05, 0) is 31.2 Å². The highest BCUT2D eigenvalue weighted by Crippen LogP contribution is 2.33. The number of nitrogen functional groups attached to an aromatic ring is 1. The van der Waals surface area contributed by atoms with Crippen LogP contribution in [0.25, 0.3) is 0 Å². The number of anilines is 2. The molecule has 1 saturated carbocycles. The Hall–Kier alpha value is -1.38. The molecule has 1 aromatic carbocycles. The van der Waals surface area contributed by atoms with Crippen LogP contribution in [0.2, 0.25) is 0 Å². The van der Waals surface area contributed by atoms with Gasteiger partial charge < -0.3 is 15.4 Å². The van der Waals surface area contributed by atoms with Crippen LogP contribution in [-0.2, 0) is 0 Å². The number of hydrogen-bond acceptors (Lipinski definition) is 3. The molecule has 2 rings (SSSR count). The third-order valence-electron chi connectivity index (χ3n) is 4.36. The molecule has 0 heterocycles. The Morgan fingerprint density at radius 2 is 2.00 bits per heavy atom. The van der Waals surface area contributed by atoms with Crippen molar-refractivity contribution in [3.8, 4) is 5.75 Å². The lowest BCUT2D eigenvalue weighted by molar-refractivity contribution is 0.314. The van der Waals surface area contributed by atoms with Gasteiger partial charge in [-0.25, -0.2) is 0 Å². The van der Waals surface area contributed by atoms with Crippen LogP contribution in [0.4, 0.5) is 11.4 Å². The van der Waals surface area contributed by atoms with Crippen LogP contribution >= 0.6 is 0 Å². The van der Waals surface area contributed by atoms with Crippen molar-refractivity contribution in [3.05, 3.63) is 18.2 Å². The van der Waals surface area contributed by atoms with Gasteiger partial charge in [-0.2, -0.15) is 0 Å². The van der Waals surface area contributed by atoms with Gasteiger partial charge in [0, 0.05) is 36.6 Å². The number of rotatable bonds is 5. The smallest absolute Gasteiger partial charge is 0.123 e. The predicted molar refractivity (Wildman–Crippen MR) is 86.5 cm³/mol. The summed E-state index contributed by atoms with van der Waals surface area (Å²) >= 11 is 0. The first-order valence-electron chi connectivity index (χ1n) is 7.88. The lowest BCUT2D eigenvalue weighted by Gasteiger charge is -2.38. The van der Waals surface area contributed by atoms with Gasteiger partial charge in [0.15, 0.2) is 0 Å². The van der Waals surface area contributed by atoms with Crippen molar-refractivity contribution < 1.29 is 4.74 Å². The third kappa shape index (κ3) is 3.59. The summed E-state index contributed by atoms with van der Waals surface area (Å²) in [6, 6.07) is 6.70. The lowest BCUT2D eigenvalue weighted by Crippen LogP contribution is -2.39. The van der Waals surface area contributed by atoms with Crippen molar-refractivity contribution in [2.24, 2.45) is 5.92 Å². The first-order chi connectivity index (χ1) is 9.61. The summed E-state index contributed by atoms with van der Waals surface area (Å²) in [5.74, 6) is 1.63. The number of hydrogen-bond donors (Lipinski definition) is 1. The average Bonchev–Trinajstić information content (AvgIpc) is 2.44. The number of ether oxygens (including phenoxy) is 1. The lowest BCUT2D eigenvalue weighted by atomic mass is 9.85. The van der Waals surface area contributed by atoms with Gasteiger partial charge in [0.2, 0.25) is 0 Å². The van der Waals surface area contributed by atoms with Gasteiger partial charge in [-0.1, -0.05) is 26.7 Å². The Balaban J connectivity index is 2.15. The van der Waals surface area contributed by atoms with Crippen LogP contribution < -0.4 is 15.4 Å². The molecule has 3 nitrogen and oxygen atoms in total. The van der Waals surface area contributed by atoms with Crippen LogP contribution in [0.5, 0.6) is 5.75 Å². The second-order valence-electron chi connectivity index (χ2n) is 6.05. The SMILES string of the molecule is CCCOc1cc(N)cc(N(C)C2CCCCC2C)c1. The Kier molecular flexibility index (Phi) is 5.16. The molecule has 0 bridgehead atoms. The third-order valence-corrected chi connectivity index (χ3v) is 4.36. The molecule has 0 amide bonds. The van der Waals surface area contributed by atoms with Crippen LogP contribution in [0.3, 0.4) is 0 Å². The van der Waals surface area contributed by atoms with E-state index < -0.39 is 0 Å². The van der Waals surface area contributed by atoms with E-state index >= 15 is 0 Å². The highest BCUT2D eigenvalue weighted by Gasteiger charge is 2.25. The predicted octanol–water partition coefficient (Wildman–Crippen LogP) is 4.07. The summed E-state index contributed by atoms with van der Waals surface area (Å²) in [7, 11) is 2.19. The molecule has 1 aliphatic carbocycles. The average molecular weight is 276 g/mol. The normalized spacial score (nSPS) is 22.6. The fourth-order valence-electron chi connectivity index (χ4n) is 3.18. The second kappa shape index (κ2) is 6.87. The van der Waals surface area contributed by atoms with E-state index in [0.717, 1.165) is 30.4 Å². The molecule has 1 aromatic rings. The maximum absolute atomic E-state index is 6.03. The summed E-state index contributed by atoms with van der Waals surface area (Å²) in [6.45, 7) is 5.22. The maximum atomic E-state index is 6.03. The van der Waals surface area contributed by atoms with Crippen LogP contribution in [0, 0.1) is 5.92 Å². The zero-order chi connectivity index (χ0) is 14.5. The molecule has 2 atom stereocenters. The Bertz CT molecular complexity index is 433. The standard InChI is InChI=1S/C17H28N2O/c1-4-9-20-16-11-14(18)10-15(12-16)19(3)17-8-6-5-7-13(17)2/h10-13,17H,4-9,18H2,1-3H3. The van der Waals surface area contributed by atoms with Crippen LogP contribution in [0.15, 0.2) is 18.2 Å². The van der Waals surface area contributed by atoms with Gasteiger partial charge in [-0.15, -0.1) is 0 Å². The molecular weight excluding hydrogens is 248 g/mol. The van der Waals surface area contributed by atoms with E-state index in [2.05, 4.69) is 37.9 Å². The monoisotopic (exact) mass is 276 g/mol. The van der Waals surface area contributed by atoms with Gasteiger partial charge in [0.1, 0.15) is 5.75 Å². The van der Waals surface area contributed by atoms with Crippen molar-refractivity contribution >= 4 is 11.4 Å². The van der Waals surface area contributed by atoms with Gasteiger partial charge in [0.05, 0.1) is 6.61 Å². The first-order valence-corrected chi connectivity index (χ1v) is 7.88. The van der Waals surface area contributed by atoms with Crippen molar-refractivity contribution in [2.75, 3.05) is 24.3 Å². The molecule has 1 fully saturated rings. The minimum atomic E-state index is 0.615. The minimum absolute atomic E-state index is 0.615. The number of benzene rings is 1. The van der Waals surface area contributed by atoms with Gasteiger partial charge in [-0.3, -0.25) is 0 Å². The van der Waals surface area contributed by atoms with Crippen molar-refractivity contribution in [3.63, 3.8) is 0 Å². The van der Waals surface area contributed by atoms with E-state index in [4.69, 9.17) is 10.5 Å². The molecule has 0 spiro atoms. The second-order valence-corrected chi connectivity index (χ2v) is 6.05. The molecule has 1 aliphatic rings. The highest BCUT2D eigenvalue weighted by atomic mass is 16.5. The Morgan fingerprint density at radius 3 is 2.70 bits per heavy atom. The molecule has 2 N–H and O–H groups in total. The molecule has 2 unspecified atom stereocenters. The molecule has 112 valence electrons. The fraction of sp³-hybridized carbons (Fsp3) is 0.647. The number of nitrogens with two attached hydrogens (primary N) is 1. The molecule has 0 aromatic heterocycles. The molecule has 3 heteroatoms. The summed E-state index contributed by atoms with van der Waals surface area (Å²) in [5.41, 5.74) is 7.98. The van der Waals surface area contributed by atoms with E-state index in [9.17, 15) is 0 Å². The zero-order valence-electron chi connectivity index (χ0n) is 13.1. The van der Waals surface area contributed by atoms with Crippen LogP contribution in [-0.4, -0.2) is 19.7 Å². The summed E-state index contributed by atoms with van der Waals surface area (Å²) < 4.78 is 5.73. The minimum Gasteiger partial charge on any atom is -0.493 e. The van der Waals surface area contributed by atoms with E-state index in [1.807, 2.05) is 6.07 Å². The first kappa shape index (κ1) is 15.0. The summed E-state index contributed by atoms with van der Waals surface area (Å²) in [4.78, 5) is 2.39. The Labute approximate surface area is 123 Å². The molecule has 20 heavy (non-hydrogen) atoms. The van der Waals surface area contributed by atoms with E-state index in [1.165, 1.54) is 31.4 Å².